The van der Waals surface area contributed by atoms with E-state index < -0.39 is 5.41 Å². The minimum Gasteiger partial charge on any atom is -0.506 e. The van der Waals surface area contributed by atoms with Crippen molar-refractivity contribution in [2.45, 2.75) is 64.5 Å². The minimum absolute atomic E-state index is 0.103. The monoisotopic (exact) mass is 506 g/mol. The molecule has 4 N–H and O–H groups in total. The molecule has 1 aliphatic rings. The largest absolute Gasteiger partial charge is 0.506 e. The zero-order valence-corrected chi connectivity index (χ0v) is 23.0. The van der Waals surface area contributed by atoms with Gasteiger partial charge in [0.25, 0.3) is 0 Å². The smallest absolute Gasteiger partial charge is 0.139 e. The predicted octanol–water partition coefficient (Wildman–Crippen LogP) is 8.27. The topological polar surface area (TPSA) is 64.5 Å². The van der Waals surface area contributed by atoms with Crippen LogP contribution < -0.4 is 10.6 Å². The van der Waals surface area contributed by atoms with Crippen LogP contribution in [0, 0.1) is 0 Å². The zero-order chi connectivity index (χ0) is 27.1. The van der Waals surface area contributed by atoms with E-state index >= 15 is 0 Å². The minimum atomic E-state index is -0.699. The van der Waals surface area contributed by atoms with E-state index in [-0.39, 0.29) is 23.1 Å². The second-order valence-corrected chi connectivity index (χ2v) is 11.0. The fourth-order valence-corrected chi connectivity index (χ4v) is 5.84. The predicted molar refractivity (Wildman–Crippen MR) is 158 cm³/mol. The molecular weight excluding hydrogens is 468 g/mol. The molecule has 196 valence electrons. The third-order valence-corrected chi connectivity index (χ3v) is 8.26. The summed E-state index contributed by atoms with van der Waals surface area (Å²) in [6, 6.07) is 29.1. The molecule has 0 bridgehead atoms. The Kier molecular flexibility index (Phi) is 6.60. The summed E-state index contributed by atoms with van der Waals surface area (Å²) in [5.41, 5.74) is 7.15. The van der Waals surface area contributed by atoms with Gasteiger partial charge in [0.2, 0.25) is 0 Å². The van der Waals surface area contributed by atoms with Crippen LogP contribution in [0.3, 0.4) is 0 Å². The molecule has 0 aliphatic heterocycles. The lowest BCUT2D eigenvalue weighted by Gasteiger charge is -2.35. The molecule has 5 rings (SSSR count). The van der Waals surface area contributed by atoms with Crippen molar-refractivity contribution in [1.29, 1.82) is 0 Å². The van der Waals surface area contributed by atoms with Crippen LogP contribution in [0.2, 0.25) is 0 Å². The van der Waals surface area contributed by atoms with Gasteiger partial charge in [-0.1, -0.05) is 74.5 Å². The number of phenolic OH excluding ortho intramolecular Hbond substituents is 2. The average Bonchev–Trinajstić information content (AvgIpc) is 3.22. The maximum absolute atomic E-state index is 11.3. The van der Waals surface area contributed by atoms with Crippen molar-refractivity contribution < 1.29 is 10.2 Å². The first-order chi connectivity index (χ1) is 18.2. The molecule has 1 aliphatic carbocycles. The van der Waals surface area contributed by atoms with Crippen molar-refractivity contribution in [3.8, 4) is 22.6 Å². The lowest BCUT2D eigenvalue weighted by molar-refractivity contribution is 0.455. The Morgan fingerprint density at radius 2 is 1.18 bits per heavy atom. The molecular formula is C34H38N2O2. The van der Waals surface area contributed by atoms with Crippen molar-refractivity contribution >= 4 is 11.4 Å². The van der Waals surface area contributed by atoms with Crippen LogP contribution in [0.25, 0.3) is 11.1 Å². The molecule has 0 radical (unpaired) electrons. The van der Waals surface area contributed by atoms with Gasteiger partial charge < -0.3 is 20.8 Å². The summed E-state index contributed by atoms with van der Waals surface area (Å²) >= 11 is 0. The summed E-state index contributed by atoms with van der Waals surface area (Å²) in [5, 5.41) is 29.4. The van der Waals surface area contributed by atoms with Gasteiger partial charge in [-0.05, 0) is 91.3 Å². The standard InChI is InChI=1S/C34H38N2O2/c1-6-33(5,7-2)36-30-19-17-24(21-32(30)38)34(23-16-18-29(31(37)20-23)35-22(3)4)27-14-10-8-12-25(27)26-13-9-11-15-28(26)34/h8-22,35-38H,6-7H2,1-5H3. The van der Waals surface area contributed by atoms with Gasteiger partial charge in [-0.15, -0.1) is 0 Å². The number of aromatic hydroxyl groups is 2. The molecule has 0 spiro atoms. The molecule has 0 unspecified atom stereocenters. The summed E-state index contributed by atoms with van der Waals surface area (Å²) in [4.78, 5) is 0. The average molecular weight is 507 g/mol. The summed E-state index contributed by atoms with van der Waals surface area (Å²) in [6.45, 7) is 10.6. The molecule has 4 aromatic carbocycles. The number of hydrogen-bond donors (Lipinski definition) is 4. The van der Waals surface area contributed by atoms with Gasteiger partial charge >= 0.3 is 0 Å². The van der Waals surface area contributed by atoms with Crippen molar-refractivity contribution in [3.63, 3.8) is 0 Å². The van der Waals surface area contributed by atoms with E-state index in [9.17, 15) is 10.2 Å². The number of benzene rings is 4. The number of fused-ring (bicyclic) bond motifs is 3. The quantitative estimate of drug-likeness (QED) is 0.160. The van der Waals surface area contributed by atoms with Crippen LogP contribution in [-0.4, -0.2) is 21.8 Å². The number of phenols is 2. The fraction of sp³-hybridized carbons (Fsp3) is 0.294. The number of nitrogens with one attached hydrogen (secondary N) is 2. The Labute approximate surface area is 226 Å². The normalized spacial score (nSPS) is 13.7. The lowest BCUT2D eigenvalue weighted by Crippen LogP contribution is -2.33. The lowest BCUT2D eigenvalue weighted by atomic mass is 9.67. The van der Waals surface area contributed by atoms with Crippen molar-refractivity contribution in [1.82, 2.24) is 0 Å². The number of rotatable bonds is 8. The van der Waals surface area contributed by atoms with E-state index in [1.165, 1.54) is 11.1 Å². The van der Waals surface area contributed by atoms with Gasteiger partial charge in [-0.2, -0.15) is 0 Å². The Balaban J connectivity index is 1.77. The van der Waals surface area contributed by atoms with Crippen LogP contribution >= 0.6 is 0 Å². The SMILES string of the molecule is CCC(C)(CC)Nc1ccc(C2(c3ccc(NC(C)C)c(O)c3)c3ccccc3-c3ccccc32)cc1O. The maximum atomic E-state index is 11.3. The molecule has 0 amide bonds. The molecule has 4 nitrogen and oxygen atoms in total. The van der Waals surface area contributed by atoms with Gasteiger partial charge in [0, 0.05) is 11.6 Å². The molecule has 0 atom stereocenters. The first kappa shape index (κ1) is 25.7. The van der Waals surface area contributed by atoms with Crippen molar-refractivity contribution in [3.05, 3.63) is 107 Å². The molecule has 0 fully saturated rings. The van der Waals surface area contributed by atoms with E-state index in [2.05, 4.69) is 106 Å². The summed E-state index contributed by atoms with van der Waals surface area (Å²) in [7, 11) is 0. The molecule has 0 aromatic heterocycles. The van der Waals surface area contributed by atoms with E-state index in [1.54, 1.807) is 0 Å². The highest BCUT2D eigenvalue weighted by molar-refractivity contribution is 5.87. The highest BCUT2D eigenvalue weighted by atomic mass is 16.3. The van der Waals surface area contributed by atoms with Gasteiger partial charge in [-0.3, -0.25) is 0 Å². The van der Waals surface area contributed by atoms with Crippen LogP contribution in [0.5, 0.6) is 11.5 Å². The van der Waals surface area contributed by atoms with Crippen LogP contribution in [-0.2, 0) is 5.41 Å². The first-order valence-electron chi connectivity index (χ1n) is 13.6. The highest BCUT2D eigenvalue weighted by Gasteiger charge is 2.46. The van der Waals surface area contributed by atoms with E-state index in [1.807, 2.05) is 24.3 Å². The first-order valence-corrected chi connectivity index (χ1v) is 13.6. The van der Waals surface area contributed by atoms with E-state index in [0.717, 1.165) is 40.8 Å². The maximum Gasteiger partial charge on any atom is 0.139 e. The Bertz CT molecular complexity index is 1420. The van der Waals surface area contributed by atoms with E-state index in [4.69, 9.17) is 0 Å². The van der Waals surface area contributed by atoms with Gasteiger partial charge in [0.1, 0.15) is 11.5 Å². The van der Waals surface area contributed by atoms with Crippen LogP contribution in [0.4, 0.5) is 11.4 Å². The van der Waals surface area contributed by atoms with Gasteiger partial charge in [0.15, 0.2) is 0 Å². The number of hydrogen-bond acceptors (Lipinski definition) is 4. The Morgan fingerprint density at radius 1 is 0.711 bits per heavy atom. The molecule has 0 heterocycles. The summed E-state index contributed by atoms with van der Waals surface area (Å²) < 4.78 is 0. The molecule has 0 saturated heterocycles. The molecule has 0 saturated carbocycles. The van der Waals surface area contributed by atoms with Gasteiger partial charge in [-0.25, -0.2) is 0 Å². The van der Waals surface area contributed by atoms with Crippen LogP contribution in [0.15, 0.2) is 84.9 Å². The molecule has 38 heavy (non-hydrogen) atoms. The van der Waals surface area contributed by atoms with Crippen molar-refractivity contribution in [2.24, 2.45) is 0 Å². The highest BCUT2D eigenvalue weighted by Crippen LogP contribution is 2.57. The Morgan fingerprint density at radius 3 is 1.63 bits per heavy atom. The van der Waals surface area contributed by atoms with Gasteiger partial charge in [0.05, 0.1) is 16.8 Å². The second-order valence-electron chi connectivity index (χ2n) is 11.0. The molecule has 4 aromatic rings. The number of anilines is 2. The third-order valence-electron chi connectivity index (χ3n) is 8.26. The summed E-state index contributed by atoms with van der Waals surface area (Å²) in [5.74, 6) is 0.431. The summed E-state index contributed by atoms with van der Waals surface area (Å²) in [6.07, 6.45) is 1.90. The zero-order valence-electron chi connectivity index (χ0n) is 23.0. The van der Waals surface area contributed by atoms with E-state index in [0.29, 0.717) is 5.69 Å². The molecule has 4 heteroatoms. The van der Waals surface area contributed by atoms with Crippen molar-refractivity contribution in [2.75, 3.05) is 10.6 Å². The fourth-order valence-electron chi connectivity index (χ4n) is 5.84. The third kappa shape index (κ3) is 4.09. The second kappa shape index (κ2) is 9.75. The van der Waals surface area contributed by atoms with Crippen LogP contribution in [0.1, 0.15) is 69.7 Å². The Hall–Kier alpha value is -3.92.